The zero-order chi connectivity index (χ0) is 19.9. The molecule has 0 spiro atoms. The zero-order valence-corrected chi connectivity index (χ0v) is 15.3. The summed E-state index contributed by atoms with van der Waals surface area (Å²) in [6, 6.07) is 13.4. The Morgan fingerprint density at radius 1 is 1.15 bits per heavy atom. The Hall–Kier alpha value is -3.20. The van der Waals surface area contributed by atoms with Crippen LogP contribution in [0.5, 0.6) is 0 Å². The molecule has 2 aromatic carbocycles. The number of ether oxygens (including phenoxy) is 1. The highest BCUT2D eigenvalue weighted by Gasteiger charge is 2.25. The van der Waals surface area contributed by atoms with Crippen molar-refractivity contribution >= 4 is 27.8 Å². The number of benzene rings is 2. The summed E-state index contributed by atoms with van der Waals surface area (Å²) in [4.78, 5) is 21.8. The lowest BCUT2D eigenvalue weighted by molar-refractivity contribution is -0.384. The first-order valence-electron chi connectivity index (χ1n) is 7.99. The molecule has 0 unspecified atom stereocenters. The number of sulfonamides is 1. The maximum atomic E-state index is 12.9. The minimum atomic E-state index is -4.10. The molecule has 9 heteroatoms. The maximum Gasteiger partial charge on any atom is 0.326 e. The third-order valence-corrected chi connectivity index (χ3v) is 5.21. The Balaban J connectivity index is 2.36. The number of esters is 1. The second kappa shape index (κ2) is 8.95. The van der Waals surface area contributed by atoms with Gasteiger partial charge in [-0.1, -0.05) is 30.3 Å². The predicted octanol–water partition coefficient (Wildman–Crippen LogP) is 2.82. The molecule has 0 amide bonds. The fourth-order valence-electron chi connectivity index (χ4n) is 2.16. The highest BCUT2D eigenvalue weighted by molar-refractivity contribution is 7.89. The van der Waals surface area contributed by atoms with Crippen molar-refractivity contribution in [2.45, 2.75) is 11.8 Å². The van der Waals surface area contributed by atoms with Crippen molar-refractivity contribution in [2.24, 2.45) is 0 Å². The number of nitro benzene ring substituents is 1. The third-order valence-electron chi connectivity index (χ3n) is 3.48. The summed E-state index contributed by atoms with van der Waals surface area (Å²) in [6.07, 6.45) is 2.81. The van der Waals surface area contributed by atoms with E-state index in [-0.39, 0.29) is 17.2 Å². The summed E-state index contributed by atoms with van der Waals surface area (Å²) < 4.78 is 31.4. The van der Waals surface area contributed by atoms with Crippen LogP contribution in [0, 0.1) is 10.1 Å². The van der Waals surface area contributed by atoms with Gasteiger partial charge >= 0.3 is 5.97 Å². The van der Waals surface area contributed by atoms with Crippen LogP contribution in [0.1, 0.15) is 12.5 Å². The molecule has 0 radical (unpaired) electrons. The molecule has 0 N–H and O–H groups in total. The van der Waals surface area contributed by atoms with Crippen LogP contribution < -0.4 is 0 Å². The number of nitrogens with zero attached hydrogens (tertiary/aromatic N) is 2. The molecule has 0 fully saturated rings. The molecule has 0 saturated carbocycles. The minimum absolute atomic E-state index is 0.118. The van der Waals surface area contributed by atoms with Crippen LogP contribution >= 0.6 is 0 Å². The first kappa shape index (κ1) is 20.1. The van der Waals surface area contributed by atoms with Crippen molar-refractivity contribution in [3.8, 4) is 0 Å². The van der Waals surface area contributed by atoms with Crippen LogP contribution in [0.25, 0.3) is 6.08 Å². The van der Waals surface area contributed by atoms with E-state index in [1.807, 2.05) is 6.07 Å². The normalized spacial score (nSPS) is 11.3. The van der Waals surface area contributed by atoms with Gasteiger partial charge in [-0.3, -0.25) is 19.2 Å². The maximum absolute atomic E-state index is 12.9. The monoisotopic (exact) mass is 390 g/mol. The average Bonchev–Trinajstić information content (AvgIpc) is 2.66. The fraction of sp³-hybridized carbons (Fsp3) is 0.167. The standard InChI is InChI=1S/C18H18N2O6S/c1-2-26-18(21)14-19(13-12-15-6-4-3-5-7-15)27(24,25)17-10-8-16(9-11-17)20(22)23/h3-13H,2,14H2,1H3/b13-12+. The number of rotatable bonds is 8. The number of nitro groups is 1. The summed E-state index contributed by atoms with van der Waals surface area (Å²) in [5.74, 6) is -0.708. The first-order valence-corrected chi connectivity index (χ1v) is 9.43. The van der Waals surface area contributed by atoms with Crippen molar-refractivity contribution in [1.82, 2.24) is 4.31 Å². The summed E-state index contributed by atoms with van der Waals surface area (Å²) in [5, 5.41) is 10.7. The molecule has 0 atom stereocenters. The molecule has 142 valence electrons. The van der Waals surface area contributed by atoms with Gasteiger partial charge < -0.3 is 4.74 Å². The van der Waals surface area contributed by atoms with Crippen molar-refractivity contribution in [1.29, 1.82) is 0 Å². The van der Waals surface area contributed by atoms with Gasteiger partial charge in [-0.2, -0.15) is 0 Å². The molecule has 27 heavy (non-hydrogen) atoms. The van der Waals surface area contributed by atoms with Crippen molar-refractivity contribution in [2.75, 3.05) is 13.2 Å². The molecule has 0 aromatic heterocycles. The van der Waals surface area contributed by atoms with Gasteiger partial charge in [0.15, 0.2) is 0 Å². The largest absolute Gasteiger partial charge is 0.465 e. The lowest BCUT2D eigenvalue weighted by atomic mass is 10.2. The number of carbonyl (C=O) groups is 1. The van der Waals surface area contributed by atoms with Gasteiger partial charge in [0.2, 0.25) is 0 Å². The molecular formula is C18H18N2O6S. The molecule has 2 aromatic rings. The first-order chi connectivity index (χ1) is 12.8. The predicted molar refractivity (Wildman–Crippen MR) is 99.1 cm³/mol. The molecule has 0 aliphatic heterocycles. The smallest absolute Gasteiger partial charge is 0.326 e. The fourth-order valence-corrected chi connectivity index (χ4v) is 3.41. The summed E-state index contributed by atoms with van der Waals surface area (Å²) in [5.41, 5.74) is 0.510. The van der Waals surface area contributed by atoms with Gasteiger partial charge in [-0.25, -0.2) is 8.42 Å². The second-order valence-electron chi connectivity index (χ2n) is 5.33. The van der Waals surface area contributed by atoms with Crippen LogP contribution in [0.4, 0.5) is 5.69 Å². The Bertz CT molecular complexity index is 924. The van der Waals surface area contributed by atoms with Crippen LogP contribution in [0.15, 0.2) is 65.7 Å². The van der Waals surface area contributed by atoms with Crippen LogP contribution in [0.3, 0.4) is 0 Å². The van der Waals surface area contributed by atoms with Gasteiger partial charge in [-0.05, 0) is 30.7 Å². The Morgan fingerprint density at radius 3 is 2.33 bits per heavy atom. The van der Waals surface area contributed by atoms with Crippen LogP contribution in [-0.2, 0) is 19.6 Å². The van der Waals surface area contributed by atoms with Gasteiger partial charge in [0.1, 0.15) is 6.54 Å². The molecule has 8 nitrogen and oxygen atoms in total. The van der Waals surface area contributed by atoms with Crippen LogP contribution in [0.2, 0.25) is 0 Å². The highest BCUT2D eigenvalue weighted by Crippen LogP contribution is 2.20. The number of carbonyl (C=O) groups excluding carboxylic acids is 1. The number of hydrogen-bond acceptors (Lipinski definition) is 6. The third kappa shape index (κ3) is 5.38. The van der Waals surface area contributed by atoms with E-state index in [1.165, 1.54) is 6.20 Å². The van der Waals surface area contributed by atoms with E-state index in [1.54, 1.807) is 37.3 Å². The van der Waals surface area contributed by atoms with E-state index >= 15 is 0 Å². The van der Waals surface area contributed by atoms with Gasteiger partial charge in [0.05, 0.1) is 16.4 Å². The molecule has 0 saturated heterocycles. The van der Waals surface area contributed by atoms with Crippen molar-refractivity contribution < 1.29 is 22.9 Å². The topological polar surface area (TPSA) is 107 Å². The minimum Gasteiger partial charge on any atom is -0.465 e. The second-order valence-corrected chi connectivity index (χ2v) is 7.22. The molecular weight excluding hydrogens is 372 g/mol. The van der Waals surface area contributed by atoms with Gasteiger partial charge in [-0.15, -0.1) is 0 Å². The summed E-state index contributed by atoms with van der Waals surface area (Å²) in [7, 11) is -4.10. The van der Waals surface area contributed by atoms with Gasteiger partial charge in [0, 0.05) is 18.3 Å². The Kier molecular flexibility index (Phi) is 6.67. The van der Waals surface area contributed by atoms with Gasteiger partial charge in [0.25, 0.3) is 15.7 Å². The number of non-ortho nitro benzene ring substituents is 1. The molecule has 2 rings (SSSR count). The van der Waals surface area contributed by atoms with Crippen molar-refractivity contribution in [3.63, 3.8) is 0 Å². The van der Waals surface area contributed by atoms with Crippen molar-refractivity contribution in [3.05, 3.63) is 76.5 Å². The molecule has 0 heterocycles. The molecule has 0 aliphatic rings. The lowest BCUT2D eigenvalue weighted by Gasteiger charge is -2.19. The average molecular weight is 390 g/mol. The van der Waals surface area contributed by atoms with E-state index in [0.717, 1.165) is 34.1 Å². The van der Waals surface area contributed by atoms with E-state index in [9.17, 15) is 23.3 Å². The molecule has 0 aliphatic carbocycles. The number of hydrogen-bond donors (Lipinski definition) is 0. The Labute approximate surface area is 156 Å². The van der Waals surface area contributed by atoms with Crippen LogP contribution in [-0.4, -0.2) is 36.8 Å². The summed E-state index contributed by atoms with van der Waals surface area (Å²) >= 11 is 0. The summed E-state index contributed by atoms with van der Waals surface area (Å²) in [6.45, 7) is 1.22. The molecule has 0 bridgehead atoms. The van der Waals surface area contributed by atoms with E-state index in [4.69, 9.17) is 4.74 Å². The Morgan fingerprint density at radius 2 is 1.78 bits per heavy atom. The lowest BCUT2D eigenvalue weighted by Crippen LogP contribution is -2.32. The highest BCUT2D eigenvalue weighted by atomic mass is 32.2. The van der Waals surface area contributed by atoms with E-state index in [2.05, 4.69) is 0 Å². The van der Waals surface area contributed by atoms with E-state index < -0.39 is 27.5 Å². The quantitative estimate of drug-likeness (QED) is 0.390. The SMILES string of the molecule is CCOC(=O)CN(/C=C/c1ccccc1)S(=O)(=O)c1ccc([N+](=O)[O-])cc1. The van der Waals surface area contributed by atoms with E-state index in [0.29, 0.717) is 0 Å². The zero-order valence-electron chi connectivity index (χ0n) is 14.5.